The lowest BCUT2D eigenvalue weighted by Crippen LogP contribution is -2.13. The first-order valence-electron chi connectivity index (χ1n) is 7.87. The minimum atomic E-state index is -0.0201. The molecule has 0 aliphatic carbocycles. The highest BCUT2D eigenvalue weighted by Crippen LogP contribution is 2.16. The number of benzene rings is 2. The molecular weight excluding hydrogens is 290 g/mol. The first-order chi connectivity index (χ1) is 11.2. The molecule has 0 bridgehead atoms. The van der Waals surface area contributed by atoms with E-state index >= 15 is 0 Å². The summed E-state index contributed by atoms with van der Waals surface area (Å²) in [5.74, 6) is 0.848. The Morgan fingerprint density at radius 2 is 1.87 bits per heavy atom. The van der Waals surface area contributed by atoms with Crippen LogP contribution in [0.15, 0.2) is 48.5 Å². The number of carbonyl (C=O) groups is 1. The number of amides is 1. The third-order valence-corrected chi connectivity index (χ3v) is 3.54. The number of hydrogen-bond acceptors (Lipinski definition) is 3. The van der Waals surface area contributed by atoms with E-state index < -0.39 is 0 Å². The quantitative estimate of drug-likeness (QED) is 0.735. The number of rotatable bonds is 8. The Labute approximate surface area is 137 Å². The summed E-state index contributed by atoms with van der Waals surface area (Å²) < 4.78 is 5.68. The van der Waals surface area contributed by atoms with E-state index in [0.29, 0.717) is 25.9 Å². The van der Waals surface area contributed by atoms with E-state index in [0.717, 1.165) is 22.6 Å². The van der Waals surface area contributed by atoms with Gasteiger partial charge in [0.15, 0.2) is 0 Å². The topological polar surface area (TPSA) is 58.6 Å². The number of aliphatic hydroxyl groups is 1. The van der Waals surface area contributed by atoms with E-state index in [4.69, 9.17) is 9.84 Å². The molecule has 4 heteroatoms. The number of aliphatic hydroxyl groups excluding tert-OH is 1. The van der Waals surface area contributed by atoms with E-state index in [9.17, 15) is 4.79 Å². The van der Waals surface area contributed by atoms with Gasteiger partial charge in [-0.05, 0) is 49.1 Å². The van der Waals surface area contributed by atoms with Crippen LogP contribution in [-0.2, 0) is 11.2 Å². The summed E-state index contributed by atoms with van der Waals surface area (Å²) in [7, 11) is 0. The molecule has 0 atom stereocenters. The van der Waals surface area contributed by atoms with Crippen LogP contribution in [0.3, 0.4) is 0 Å². The van der Waals surface area contributed by atoms with Gasteiger partial charge in [0.2, 0.25) is 5.91 Å². The highest BCUT2D eigenvalue weighted by Gasteiger charge is 2.04. The summed E-state index contributed by atoms with van der Waals surface area (Å²) in [6, 6.07) is 15.4. The SMILES string of the molecule is Cc1ccccc1OCCCC(=O)Nc1ccc(CCO)cc1. The first-order valence-corrected chi connectivity index (χ1v) is 7.87. The van der Waals surface area contributed by atoms with Crippen LogP contribution in [0.25, 0.3) is 0 Å². The Balaban J connectivity index is 1.70. The second-order valence-electron chi connectivity index (χ2n) is 5.44. The highest BCUT2D eigenvalue weighted by molar-refractivity contribution is 5.90. The van der Waals surface area contributed by atoms with Crippen molar-refractivity contribution in [3.63, 3.8) is 0 Å². The van der Waals surface area contributed by atoms with E-state index in [2.05, 4.69) is 5.32 Å². The monoisotopic (exact) mass is 313 g/mol. The normalized spacial score (nSPS) is 10.3. The van der Waals surface area contributed by atoms with Gasteiger partial charge in [0.1, 0.15) is 5.75 Å². The third kappa shape index (κ3) is 5.75. The van der Waals surface area contributed by atoms with Crippen molar-refractivity contribution in [3.05, 3.63) is 59.7 Å². The molecule has 0 spiro atoms. The molecule has 0 heterocycles. The van der Waals surface area contributed by atoms with Gasteiger partial charge in [0.25, 0.3) is 0 Å². The number of anilines is 1. The number of para-hydroxylation sites is 1. The highest BCUT2D eigenvalue weighted by atomic mass is 16.5. The summed E-state index contributed by atoms with van der Waals surface area (Å²) in [4.78, 5) is 11.9. The molecule has 0 radical (unpaired) electrons. The van der Waals surface area contributed by atoms with Crippen molar-refractivity contribution in [1.29, 1.82) is 0 Å². The number of nitrogens with one attached hydrogen (secondary N) is 1. The molecule has 23 heavy (non-hydrogen) atoms. The van der Waals surface area contributed by atoms with Gasteiger partial charge in [0, 0.05) is 18.7 Å². The van der Waals surface area contributed by atoms with Gasteiger partial charge in [-0.1, -0.05) is 30.3 Å². The van der Waals surface area contributed by atoms with Crippen LogP contribution in [0.4, 0.5) is 5.69 Å². The Morgan fingerprint density at radius 3 is 2.57 bits per heavy atom. The Bertz CT molecular complexity index is 623. The van der Waals surface area contributed by atoms with Crippen LogP contribution >= 0.6 is 0 Å². The number of aryl methyl sites for hydroxylation is 1. The van der Waals surface area contributed by atoms with Gasteiger partial charge in [-0.3, -0.25) is 4.79 Å². The van der Waals surface area contributed by atoms with Crippen molar-refractivity contribution in [2.75, 3.05) is 18.5 Å². The summed E-state index contributed by atoms with van der Waals surface area (Å²) in [6.45, 7) is 2.66. The number of hydrogen-bond donors (Lipinski definition) is 2. The molecule has 0 aliphatic heterocycles. The van der Waals surface area contributed by atoms with Crippen molar-refractivity contribution in [1.82, 2.24) is 0 Å². The molecule has 2 rings (SSSR count). The average Bonchev–Trinajstić information content (AvgIpc) is 2.55. The fraction of sp³-hybridized carbons (Fsp3) is 0.316. The van der Waals surface area contributed by atoms with Crippen molar-refractivity contribution in [2.45, 2.75) is 26.2 Å². The molecule has 2 aromatic rings. The second kappa shape index (κ2) is 8.96. The first kappa shape index (κ1) is 17.0. The lowest BCUT2D eigenvalue weighted by Gasteiger charge is -2.09. The number of carbonyl (C=O) groups excluding carboxylic acids is 1. The molecule has 4 nitrogen and oxygen atoms in total. The van der Waals surface area contributed by atoms with Gasteiger partial charge in [-0.15, -0.1) is 0 Å². The zero-order valence-corrected chi connectivity index (χ0v) is 13.4. The van der Waals surface area contributed by atoms with Crippen LogP contribution < -0.4 is 10.1 Å². The van der Waals surface area contributed by atoms with Crippen LogP contribution in [0.2, 0.25) is 0 Å². The van der Waals surface area contributed by atoms with E-state index in [1.54, 1.807) is 0 Å². The maximum atomic E-state index is 11.9. The summed E-state index contributed by atoms with van der Waals surface area (Å²) >= 11 is 0. The maximum absolute atomic E-state index is 11.9. The summed E-state index contributed by atoms with van der Waals surface area (Å²) in [6.07, 6.45) is 1.72. The lowest BCUT2D eigenvalue weighted by molar-refractivity contribution is -0.116. The largest absolute Gasteiger partial charge is 0.493 e. The standard InChI is InChI=1S/C19H23NO3/c1-15-5-2-3-6-18(15)23-14-4-7-19(22)20-17-10-8-16(9-11-17)12-13-21/h2-3,5-6,8-11,21H,4,7,12-14H2,1H3,(H,20,22). The van der Waals surface area contributed by atoms with Crippen molar-refractivity contribution >= 4 is 11.6 Å². The van der Waals surface area contributed by atoms with Gasteiger partial charge in [0.05, 0.1) is 6.61 Å². The van der Waals surface area contributed by atoms with Gasteiger partial charge < -0.3 is 15.2 Å². The van der Waals surface area contributed by atoms with Crippen LogP contribution in [0, 0.1) is 6.92 Å². The molecular formula is C19H23NO3. The number of ether oxygens (including phenoxy) is 1. The van der Waals surface area contributed by atoms with E-state index in [1.165, 1.54) is 0 Å². The van der Waals surface area contributed by atoms with Crippen molar-refractivity contribution in [2.24, 2.45) is 0 Å². The predicted molar refractivity (Wildman–Crippen MR) is 91.8 cm³/mol. The molecule has 0 fully saturated rings. The fourth-order valence-corrected chi connectivity index (χ4v) is 2.24. The zero-order valence-electron chi connectivity index (χ0n) is 13.4. The predicted octanol–water partition coefficient (Wildman–Crippen LogP) is 3.33. The zero-order chi connectivity index (χ0) is 16.5. The van der Waals surface area contributed by atoms with E-state index in [1.807, 2.05) is 55.5 Å². The van der Waals surface area contributed by atoms with Crippen molar-refractivity contribution in [3.8, 4) is 5.75 Å². The lowest BCUT2D eigenvalue weighted by atomic mass is 10.1. The fourth-order valence-electron chi connectivity index (χ4n) is 2.24. The molecule has 2 N–H and O–H groups in total. The van der Waals surface area contributed by atoms with Gasteiger partial charge in [-0.25, -0.2) is 0 Å². The summed E-state index contributed by atoms with van der Waals surface area (Å²) in [5.41, 5.74) is 2.92. The second-order valence-corrected chi connectivity index (χ2v) is 5.44. The molecule has 2 aromatic carbocycles. The Hall–Kier alpha value is -2.33. The Morgan fingerprint density at radius 1 is 1.13 bits per heavy atom. The Kier molecular flexibility index (Phi) is 6.63. The molecule has 1 amide bonds. The molecule has 0 aromatic heterocycles. The van der Waals surface area contributed by atoms with Gasteiger partial charge >= 0.3 is 0 Å². The molecule has 0 unspecified atom stereocenters. The van der Waals surface area contributed by atoms with Gasteiger partial charge in [-0.2, -0.15) is 0 Å². The minimum Gasteiger partial charge on any atom is -0.493 e. The third-order valence-electron chi connectivity index (χ3n) is 3.54. The van der Waals surface area contributed by atoms with Crippen LogP contribution in [-0.4, -0.2) is 24.2 Å². The van der Waals surface area contributed by atoms with Crippen molar-refractivity contribution < 1.29 is 14.6 Å². The molecule has 0 saturated carbocycles. The van der Waals surface area contributed by atoms with E-state index in [-0.39, 0.29) is 12.5 Å². The molecule has 0 aliphatic rings. The smallest absolute Gasteiger partial charge is 0.224 e. The summed E-state index contributed by atoms with van der Waals surface area (Å²) in [5, 5.41) is 11.7. The van der Waals surface area contributed by atoms with Crippen LogP contribution in [0.5, 0.6) is 5.75 Å². The minimum absolute atomic E-state index is 0.0201. The molecule has 0 saturated heterocycles. The average molecular weight is 313 g/mol. The maximum Gasteiger partial charge on any atom is 0.224 e. The molecule has 122 valence electrons. The van der Waals surface area contributed by atoms with Crippen LogP contribution in [0.1, 0.15) is 24.0 Å².